The quantitative estimate of drug-likeness (QED) is 0.655. The molecule has 1 fully saturated rings. The lowest BCUT2D eigenvalue weighted by Gasteiger charge is -2.20. The molecule has 0 spiro atoms. The smallest absolute Gasteiger partial charge is 0.262 e. The van der Waals surface area contributed by atoms with Crippen LogP contribution in [0.3, 0.4) is 0 Å². The zero-order valence-corrected chi connectivity index (χ0v) is 18.3. The van der Waals surface area contributed by atoms with Gasteiger partial charge < -0.3 is 10.1 Å². The predicted octanol–water partition coefficient (Wildman–Crippen LogP) is 2.35. The van der Waals surface area contributed by atoms with Gasteiger partial charge in [-0.3, -0.25) is 14.9 Å². The number of hydrogen-bond donors (Lipinski definition) is 2. The molecule has 10 heteroatoms. The number of aromatic nitrogens is 1. The van der Waals surface area contributed by atoms with Gasteiger partial charge in [0.15, 0.2) is 15.0 Å². The predicted molar refractivity (Wildman–Crippen MR) is 115 cm³/mol. The summed E-state index contributed by atoms with van der Waals surface area (Å²) in [4.78, 5) is 29.4. The van der Waals surface area contributed by atoms with Crippen molar-refractivity contribution in [3.63, 3.8) is 0 Å². The van der Waals surface area contributed by atoms with Gasteiger partial charge in [-0.15, -0.1) is 0 Å². The van der Waals surface area contributed by atoms with E-state index in [2.05, 4.69) is 15.6 Å². The molecule has 0 saturated carbocycles. The first-order chi connectivity index (χ1) is 14.3. The second-order valence-corrected chi connectivity index (χ2v) is 9.94. The fourth-order valence-corrected chi connectivity index (χ4v) is 4.42. The largest absolute Gasteiger partial charge is 0.381 e. The van der Waals surface area contributed by atoms with E-state index in [1.54, 1.807) is 12.1 Å². The van der Waals surface area contributed by atoms with E-state index in [1.165, 1.54) is 25.4 Å². The molecular weight excluding hydrogens is 426 g/mol. The third kappa shape index (κ3) is 5.53. The molecule has 2 aromatic rings. The van der Waals surface area contributed by atoms with E-state index in [1.807, 2.05) is 6.08 Å². The van der Waals surface area contributed by atoms with Crippen LogP contribution in [0.2, 0.25) is 0 Å². The van der Waals surface area contributed by atoms with Crippen LogP contribution in [-0.4, -0.2) is 51.7 Å². The molecule has 2 amide bonds. The Morgan fingerprint density at radius 2 is 1.87 bits per heavy atom. The number of benzene rings is 1. The van der Waals surface area contributed by atoms with Crippen molar-refractivity contribution in [1.82, 2.24) is 10.3 Å². The molecule has 0 aliphatic carbocycles. The minimum atomic E-state index is -3.33. The highest BCUT2D eigenvalue weighted by atomic mass is 32.2. The van der Waals surface area contributed by atoms with Crippen LogP contribution in [0.15, 0.2) is 41.4 Å². The molecule has 160 valence electrons. The van der Waals surface area contributed by atoms with Crippen LogP contribution in [0.25, 0.3) is 5.57 Å². The van der Waals surface area contributed by atoms with E-state index >= 15 is 0 Å². The summed E-state index contributed by atoms with van der Waals surface area (Å²) in [5.41, 5.74) is 1.04. The van der Waals surface area contributed by atoms with Gasteiger partial charge in [-0.2, -0.15) is 0 Å². The van der Waals surface area contributed by atoms with E-state index in [9.17, 15) is 18.0 Å². The van der Waals surface area contributed by atoms with Crippen molar-refractivity contribution in [2.75, 3.05) is 31.8 Å². The number of ether oxygens (including phenoxy) is 1. The SMILES string of the molecule is CNC(=O)c1cnc(NC(=O)C(=CC2CCOCC2)c2ccc(S(C)(=O)=O)cc2)s1. The first kappa shape index (κ1) is 22.1. The molecule has 1 aromatic heterocycles. The molecule has 1 aliphatic heterocycles. The molecule has 0 unspecified atom stereocenters. The number of anilines is 1. The van der Waals surface area contributed by atoms with Gasteiger partial charge in [0, 0.05) is 32.1 Å². The van der Waals surface area contributed by atoms with Crippen molar-refractivity contribution in [1.29, 1.82) is 0 Å². The highest BCUT2D eigenvalue weighted by Gasteiger charge is 2.20. The number of hydrogen-bond acceptors (Lipinski definition) is 7. The summed E-state index contributed by atoms with van der Waals surface area (Å²) in [6.45, 7) is 1.26. The maximum absolute atomic E-state index is 13.1. The van der Waals surface area contributed by atoms with E-state index < -0.39 is 9.84 Å². The maximum Gasteiger partial charge on any atom is 0.262 e. The zero-order chi connectivity index (χ0) is 21.7. The number of allylic oxidation sites excluding steroid dienone is 1. The normalized spacial score (nSPS) is 15.6. The topological polar surface area (TPSA) is 114 Å². The minimum Gasteiger partial charge on any atom is -0.381 e. The average molecular weight is 450 g/mol. The lowest BCUT2D eigenvalue weighted by molar-refractivity contribution is -0.111. The lowest BCUT2D eigenvalue weighted by atomic mass is 9.94. The molecule has 30 heavy (non-hydrogen) atoms. The minimum absolute atomic E-state index is 0.173. The third-order valence-corrected chi connectivity index (χ3v) is 6.72. The third-order valence-electron chi connectivity index (χ3n) is 4.68. The second kappa shape index (κ2) is 9.50. The summed E-state index contributed by atoms with van der Waals surface area (Å²) in [6.07, 6.45) is 6.05. The van der Waals surface area contributed by atoms with Crippen molar-refractivity contribution >= 4 is 43.7 Å². The van der Waals surface area contributed by atoms with Crippen LogP contribution in [0.4, 0.5) is 5.13 Å². The van der Waals surface area contributed by atoms with Gasteiger partial charge in [-0.1, -0.05) is 29.5 Å². The van der Waals surface area contributed by atoms with Gasteiger partial charge in [-0.05, 0) is 36.5 Å². The first-order valence-corrected chi connectivity index (χ1v) is 12.1. The van der Waals surface area contributed by atoms with Crippen LogP contribution in [0.5, 0.6) is 0 Å². The molecule has 0 atom stereocenters. The van der Waals surface area contributed by atoms with E-state index in [4.69, 9.17) is 4.74 Å². The highest BCUT2D eigenvalue weighted by Crippen LogP contribution is 2.26. The highest BCUT2D eigenvalue weighted by molar-refractivity contribution is 7.90. The number of carbonyl (C=O) groups excluding carboxylic acids is 2. The van der Waals surface area contributed by atoms with Crippen molar-refractivity contribution in [2.45, 2.75) is 17.7 Å². The van der Waals surface area contributed by atoms with Gasteiger partial charge in [-0.25, -0.2) is 13.4 Å². The Hall–Kier alpha value is -2.56. The Balaban J connectivity index is 1.89. The van der Waals surface area contributed by atoms with Crippen molar-refractivity contribution in [2.24, 2.45) is 5.92 Å². The average Bonchev–Trinajstić information content (AvgIpc) is 3.20. The van der Waals surface area contributed by atoms with Crippen molar-refractivity contribution < 1.29 is 22.7 Å². The van der Waals surface area contributed by atoms with Crippen LogP contribution < -0.4 is 10.6 Å². The molecule has 8 nitrogen and oxygen atoms in total. The number of thiazole rings is 1. The molecule has 3 rings (SSSR count). The number of rotatable bonds is 6. The molecule has 0 bridgehead atoms. The van der Waals surface area contributed by atoms with Gasteiger partial charge >= 0.3 is 0 Å². The number of nitrogens with one attached hydrogen (secondary N) is 2. The fraction of sp³-hybridized carbons (Fsp3) is 0.350. The molecule has 1 saturated heterocycles. The van der Waals surface area contributed by atoms with Gasteiger partial charge in [0.05, 0.1) is 11.1 Å². The van der Waals surface area contributed by atoms with Crippen LogP contribution in [0.1, 0.15) is 28.1 Å². The number of carbonyl (C=O) groups is 2. The first-order valence-electron chi connectivity index (χ1n) is 9.37. The standard InChI is InChI=1S/C20H23N3O5S2/c1-21-19(25)17-12-22-20(29-17)23-18(24)16(11-13-7-9-28-10-8-13)14-3-5-15(6-4-14)30(2,26)27/h3-6,11-13H,7-10H2,1-2H3,(H,21,25)(H,22,23,24). The summed E-state index contributed by atoms with van der Waals surface area (Å²) in [7, 11) is -1.81. The molecular formula is C20H23N3O5S2. The number of sulfone groups is 1. The molecule has 0 radical (unpaired) electrons. The molecule has 1 aromatic carbocycles. The molecule has 1 aliphatic rings. The number of amides is 2. The van der Waals surface area contributed by atoms with Crippen LogP contribution in [-0.2, 0) is 19.4 Å². The Morgan fingerprint density at radius 1 is 1.20 bits per heavy atom. The van der Waals surface area contributed by atoms with Gasteiger partial charge in [0.2, 0.25) is 0 Å². The summed E-state index contributed by atoms with van der Waals surface area (Å²) >= 11 is 1.08. The summed E-state index contributed by atoms with van der Waals surface area (Å²) < 4.78 is 28.9. The lowest BCUT2D eigenvalue weighted by Crippen LogP contribution is -2.18. The Morgan fingerprint density at radius 3 is 2.47 bits per heavy atom. The number of nitrogens with zero attached hydrogens (tertiary/aromatic N) is 1. The Bertz CT molecular complexity index is 1050. The van der Waals surface area contributed by atoms with Gasteiger partial charge in [0.1, 0.15) is 4.88 Å². The second-order valence-electron chi connectivity index (χ2n) is 6.89. The van der Waals surface area contributed by atoms with Crippen LogP contribution in [0, 0.1) is 5.92 Å². The molecule has 2 N–H and O–H groups in total. The molecule has 2 heterocycles. The summed E-state index contributed by atoms with van der Waals surface area (Å²) in [5.74, 6) is -0.472. The summed E-state index contributed by atoms with van der Waals surface area (Å²) in [5, 5.41) is 5.57. The van der Waals surface area contributed by atoms with Crippen molar-refractivity contribution in [3.05, 3.63) is 47.0 Å². The van der Waals surface area contributed by atoms with Crippen LogP contribution >= 0.6 is 11.3 Å². The maximum atomic E-state index is 13.1. The van der Waals surface area contributed by atoms with E-state index in [0.29, 0.717) is 34.4 Å². The van der Waals surface area contributed by atoms with E-state index in [-0.39, 0.29) is 22.6 Å². The Kier molecular flexibility index (Phi) is 7.01. The van der Waals surface area contributed by atoms with Gasteiger partial charge in [0.25, 0.3) is 11.8 Å². The zero-order valence-electron chi connectivity index (χ0n) is 16.7. The monoisotopic (exact) mass is 449 g/mol. The summed E-state index contributed by atoms with van der Waals surface area (Å²) in [6, 6.07) is 6.23. The van der Waals surface area contributed by atoms with Crippen molar-refractivity contribution in [3.8, 4) is 0 Å². The van der Waals surface area contributed by atoms with E-state index in [0.717, 1.165) is 30.4 Å². The fourth-order valence-electron chi connectivity index (χ4n) is 3.03. The Labute approximate surface area is 179 Å².